The van der Waals surface area contributed by atoms with E-state index in [0.717, 1.165) is 51.4 Å². The Hall–Kier alpha value is -2.22. The first-order valence-corrected chi connectivity index (χ1v) is 10.4. The predicted octanol–water partition coefficient (Wildman–Crippen LogP) is 3.24. The van der Waals surface area contributed by atoms with Gasteiger partial charge in [0.1, 0.15) is 16.3 Å². The molecule has 0 radical (unpaired) electrons. The highest BCUT2D eigenvalue weighted by Crippen LogP contribution is 2.39. The third-order valence-corrected chi connectivity index (χ3v) is 6.77. The summed E-state index contributed by atoms with van der Waals surface area (Å²) in [7, 11) is 0. The van der Waals surface area contributed by atoms with E-state index in [4.69, 9.17) is 10.2 Å². The van der Waals surface area contributed by atoms with Crippen LogP contribution in [0, 0.1) is 6.92 Å². The van der Waals surface area contributed by atoms with Gasteiger partial charge in [0, 0.05) is 5.92 Å². The zero-order chi connectivity index (χ0) is 19.0. The van der Waals surface area contributed by atoms with E-state index in [1.807, 2.05) is 6.07 Å². The van der Waals surface area contributed by atoms with E-state index >= 15 is 0 Å². The largest absolute Gasteiger partial charge is 0.427 e. The molecule has 1 amide bonds. The summed E-state index contributed by atoms with van der Waals surface area (Å²) in [6.07, 6.45) is 7.83. The lowest BCUT2D eigenvalue weighted by Gasteiger charge is -2.36. The van der Waals surface area contributed by atoms with Gasteiger partial charge in [-0.25, -0.2) is 4.79 Å². The third kappa shape index (κ3) is 3.38. The molecule has 0 atom stereocenters. The Morgan fingerprint density at radius 2 is 2.00 bits per heavy atom. The molecule has 2 aliphatic rings. The molecule has 4 rings (SSSR count). The second-order valence-corrected chi connectivity index (χ2v) is 8.67. The van der Waals surface area contributed by atoms with Crippen LogP contribution in [0.3, 0.4) is 0 Å². The first-order chi connectivity index (χ1) is 13.0. The maximum absolute atomic E-state index is 13.1. The van der Waals surface area contributed by atoms with Crippen molar-refractivity contribution in [3.05, 3.63) is 38.4 Å². The van der Waals surface area contributed by atoms with Crippen molar-refractivity contribution >= 4 is 22.4 Å². The predicted molar refractivity (Wildman–Crippen MR) is 103 cm³/mol. The van der Waals surface area contributed by atoms with Crippen molar-refractivity contribution < 1.29 is 9.21 Å². The smallest absolute Gasteiger partial charge is 0.349 e. The van der Waals surface area contributed by atoms with E-state index in [1.165, 1.54) is 11.3 Å². The van der Waals surface area contributed by atoms with Gasteiger partial charge in [0.25, 0.3) is 5.91 Å². The highest BCUT2D eigenvalue weighted by atomic mass is 32.1. The van der Waals surface area contributed by atoms with Crippen LogP contribution in [0.4, 0.5) is 5.13 Å². The number of aryl methyl sites for hydroxylation is 1. The van der Waals surface area contributed by atoms with Crippen molar-refractivity contribution in [3.63, 3.8) is 0 Å². The number of carbonyl (C=O) groups excluding carboxylic acids is 1. The van der Waals surface area contributed by atoms with Gasteiger partial charge in [-0.3, -0.25) is 4.79 Å². The van der Waals surface area contributed by atoms with E-state index in [2.05, 4.69) is 15.5 Å². The number of nitrogen functional groups attached to an aromatic ring is 1. The summed E-state index contributed by atoms with van der Waals surface area (Å²) < 4.78 is 5.48. The van der Waals surface area contributed by atoms with E-state index in [1.54, 1.807) is 6.92 Å². The van der Waals surface area contributed by atoms with Crippen LogP contribution in [0.2, 0.25) is 0 Å². The Kier molecular flexibility index (Phi) is 4.75. The van der Waals surface area contributed by atoms with Gasteiger partial charge < -0.3 is 15.5 Å². The molecule has 0 aromatic carbocycles. The zero-order valence-corrected chi connectivity index (χ0v) is 16.2. The molecule has 2 heterocycles. The Morgan fingerprint density at radius 3 is 2.56 bits per heavy atom. The monoisotopic (exact) mass is 388 g/mol. The molecule has 2 aromatic heterocycles. The van der Waals surface area contributed by atoms with Crippen LogP contribution in [0.1, 0.15) is 84.0 Å². The Morgan fingerprint density at radius 1 is 1.26 bits per heavy atom. The van der Waals surface area contributed by atoms with Gasteiger partial charge in [0.2, 0.25) is 5.13 Å². The van der Waals surface area contributed by atoms with Crippen LogP contribution < -0.4 is 16.7 Å². The standard InChI is InChI=1S/C19H24N4O3S/c1-11-10-13(12-6-5-7-12)26-16(25)14(11)15(24)21-19(8-3-2-4-9-19)17-22-23-18(20)27-17/h10,12H,2-9H2,1H3,(H2,20,23)(H,21,24). The number of nitrogens with zero attached hydrogens (tertiary/aromatic N) is 2. The average molecular weight is 388 g/mol. The maximum Gasteiger partial charge on any atom is 0.349 e. The number of hydrogen-bond donors (Lipinski definition) is 2. The number of hydrogen-bond acceptors (Lipinski definition) is 7. The molecule has 27 heavy (non-hydrogen) atoms. The normalized spacial score (nSPS) is 19.4. The number of nitrogens with one attached hydrogen (secondary N) is 1. The fraction of sp³-hybridized carbons (Fsp3) is 0.579. The van der Waals surface area contributed by atoms with Crippen molar-refractivity contribution in [2.75, 3.05) is 5.73 Å². The number of carbonyl (C=O) groups is 1. The van der Waals surface area contributed by atoms with E-state index in [-0.39, 0.29) is 5.56 Å². The molecule has 2 fully saturated rings. The zero-order valence-electron chi connectivity index (χ0n) is 15.4. The van der Waals surface area contributed by atoms with Crippen LogP contribution in [-0.2, 0) is 5.54 Å². The number of nitrogens with two attached hydrogens (primary N) is 1. The minimum Gasteiger partial charge on any atom is -0.427 e. The van der Waals surface area contributed by atoms with Crippen molar-refractivity contribution in [2.45, 2.75) is 69.7 Å². The molecular weight excluding hydrogens is 364 g/mol. The molecule has 3 N–H and O–H groups in total. The van der Waals surface area contributed by atoms with Gasteiger partial charge in [-0.15, -0.1) is 10.2 Å². The first-order valence-electron chi connectivity index (χ1n) is 9.55. The van der Waals surface area contributed by atoms with E-state index < -0.39 is 17.1 Å². The molecule has 0 saturated heterocycles. The lowest BCUT2D eigenvalue weighted by molar-refractivity contribution is 0.0859. The molecular formula is C19H24N4O3S. The van der Waals surface area contributed by atoms with E-state index in [0.29, 0.717) is 27.4 Å². The molecule has 144 valence electrons. The number of amides is 1. The molecule has 2 aliphatic carbocycles. The van der Waals surface area contributed by atoms with E-state index in [9.17, 15) is 9.59 Å². The van der Waals surface area contributed by atoms with Gasteiger partial charge in [-0.05, 0) is 44.2 Å². The minimum atomic E-state index is -0.615. The quantitative estimate of drug-likeness (QED) is 0.832. The molecule has 0 bridgehead atoms. The number of aromatic nitrogens is 2. The van der Waals surface area contributed by atoms with Gasteiger partial charge >= 0.3 is 5.63 Å². The summed E-state index contributed by atoms with van der Waals surface area (Å²) in [5.41, 5.74) is 5.34. The van der Waals surface area contributed by atoms with Crippen LogP contribution >= 0.6 is 11.3 Å². The molecule has 2 saturated carbocycles. The minimum absolute atomic E-state index is 0.0838. The molecule has 7 nitrogen and oxygen atoms in total. The highest BCUT2D eigenvalue weighted by molar-refractivity contribution is 7.15. The van der Waals surface area contributed by atoms with Gasteiger partial charge in [-0.1, -0.05) is 37.0 Å². The maximum atomic E-state index is 13.1. The van der Waals surface area contributed by atoms with Crippen molar-refractivity contribution in [2.24, 2.45) is 0 Å². The average Bonchev–Trinajstić information content (AvgIpc) is 3.00. The molecule has 0 spiro atoms. The highest BCUT2D eigenvalue weighted by Gasteiger charge is 2.39. The number of anilines is 1. The fourth-order valence-corrected chi connectivity index (χ4v) is 4.87. The van der Waals surface area contributed by atoms with Gasteiger partial charge in [-0.2, -0.15) is 0 Å². The number of rotatable bonds is 4. The molecule has 8 heteroatoms. The molecule has 2 aromatic rings. The third-order valence-electron chi connectivity index (χ3n) is 5.81. The van der Waals surface area contributed by atoms with Crippen molar-refractivity contribution in [3.8, 4) is 0 Å². The SMILES string of the molecule is Cc1cc(C2CCC2)oc(=O)c1C(=O)NC1(c2nnc(N)s2)CCCCC1. The molecule has 0 aliphatic heterocycles. The summed E-state index contributed by atoms with van der Waals surface area (Å²) in [6, 6.07) is 1.84. The molecule has 0 unspecified atom stereocenters. The van der Waals surface area contributed by atoms with Gasteiger partial charge in [0.15, 0.2) is 0 Å². The summed E-state index contributed by atoms with van der Waals surface area (Å²) in [5, 5.41) is 12.3. The second-order valence-electron chi connectivity index (χ2n) is 7.66. The van der Waals surface area contributed by atoms with Crippen molar-refractivity contribution in [1.82, 2.24) is 15.5 Å². The summed E-state index contributed by atoms with van der Waals surface area (Å²) in [4.78, 5) is 25.6. The lowest BCUT2D eigenvalue weighted by Crippen LogP contribution is -2.48. The summed E-state index contributed by atoms with van der Waals surface area (Å²) >= 11 is 1.29. The second kappa shape index (κ2) is 7.07. The first kappa shape index (κ1) is 18.2. The van der Waals surface area contributed by atoms with Gasteiger partial charge in [0.05, 0.1) is 5.54 Å². The summed E-state index contributed by atoms with van der Waals surface area (Å²) in [5.74, 6) is 0.601. The lowest BCUT2D eigenvalue weighted by atomic mass is 9.81. The topological polar surface area (TPSA) is 111 Å². The van der Waals surface area contributed by atoms with Crippen molar-refractivity contribution in [1.29, 1.82) is 0 Å². The van der Waals surface area contributed by atoms with Crippen LogP contribution in [-0.4, -0.2) is 16.1 Å². The Balaban J connectivity index is 1.64. The Bertz CT molecular complexity index is 910. The Labute approximate surface area is 161 Å². The van der Waals surface area contributed by atoms with Crippen LogP contribution in [0.25, 0.3) is 0 Å². The van der Waals surface area contributed by atoms with Crippen LogP contribution in [0.15, 0.2) is 15.3 Å². The summed E-state index contributed by atoms with van der Waals surface area (Å²) in [6.45, 7) is 1.80. The van der Waals surface area contributed by atoms with Crippen LogP contribution in [0.5, 0.6) is 0 Å². The fourth-order valence-electron chi connectivity index (χ4n) is 4.06.